The van der Waals surface area contributed by atoms with Gasteiger partial charge in [-0.2, -0.15) is 5.10 Å². The second-order valence-corrected chi connectivity index (χ2v) is 13.3. The Morgan fingerprint density at radius 1 is 0.875 bits per heavy atom. The highest BCUT2D eigenvalue weighted by Crippen LogP contribution is 2.43. The fraction of sp³-hybridized carbons (Fsp3) is 0.382. The summed E-state index contributed by atoms with van der Waals surface area (Å²) in [5.41, 5.74) is 3.16. The largest absolute Gasteiger partial charge is 0.493 e. The van der Waals surface area contributed by atoms with Gasteiger partial charge in [0.25, 0.3) is 5.91 Å². The Hall–Kier alpha value is -4.85. The molecule has 0 bridgehead atoms. The van der Waals surface area contributed by atoms with Gasteiger partial charge in [0, 0.05) is 6.07 Å². The molecule has 0 radical (unpaired) electrons. The molecule has 0 aromatic heterocycles. The summed E-state index contributed by atoms with van der Waals surface area (Å²) in [6.45, 7) is 9.87. The Kier molecular flexibility index (Phi) is 12.4. The Labute approximate surface area is 287 Å². The zero-order valence-electron chi connectivity index (χ0n) is 28.4. The molecule has 0 aliphatic carbocycles. The average molecular weight is 731 g/mol. The van der Waals surface area contributed by atoms with Crippen LogP contribution in [0.4, 0.5) is 5.69 Å². The van der Waals surface area contributed by atoms with E-state index in [1.165, 1.54) is 58.9 Å². The van der Waals surface area contributed by atoms with Gasteiger partial charge in [-0.3, -0.25) is 14.9 Å². The fourth-order valence-electron chi connectivity index (χ4n) is 5.23. The van der Waals surface area contributed by atoms with Gasteiger partial charge < -0.3 is 28.4 Å². The van der Waals surface area contributed by atoms with Crippen molar-refractivity contribution in [1.82, 2.24) is 5.43 Å². The molecule has 0 fully saturated rings. The van der Waals surface area contributed by atoms with Crippen LogP contribution in [0.1, 0.15) is 62.5 Å². The Bertz CT molecular complexity index is 1670. The Morgan fingerprint density at radius 3 is 2.04 bits per heavy atom. The van der Waals surface area contributed by atoms with Gasteiger partial charge in [0.15, 0.2) is 29.6 Å². The number of hydrazone groups is 1. The summed E-state index contributed by atoms with van der Waals surface area (Å²) < 4.78 is 32.8. The normalized spacial score (nSPS) is 11.5. The van der Waals surface area contributed by atoms with Crippen molar-refractivity contribution < 1.29 is 42.9 Å². The van der Waals surface area contributed by atoms with E-state index in [2.05, 4.69) is 47.2 Å². The van der Waals surface area contributed by atoms with Gasteiger partial charge in [-0.1, -0.05) is 34.6 Å². The second kappa shape index (κ2) is 15.8. The molecule has 0 atom stereocenters. The molecule has 48 heavy (non-hydrogen) atoms. The third kappa shape index (κ3) is 9.59. The summed E-state index contributed by atoms with van der Waals surface area (Å²) in [5.74, 6) is -0.148. The van der Waals surface area contributed by atoms with E-state index >= 15 is 0 Å². The predicted molar refractivity (Wildman–Crippen MR) is 183 cm³/mol. The highest BCUT2D eigenvalue weighted by molar-refractivity contribution is 9.10. The van der Waals surface area contributed by atoms with Gasteiger partial charge in [-0.15, -0.1) is 0 Å². The van der Waals surface area contributed by atoms with Crippen LogP contribution in [-0.2, 0) is 10.2 Å². The number of methoxy groups -OCH3 is 4. The minimum atomic E-state index is -0.698. The van der Waals surface area contributed by atoms with Crippen LogP contribution in [0.3, 0.4) is 0 Å². The van der Waals surface area contributed by atoms with E-state index in [0.717, 1.165) is 12.0 Å². The second-order valence-electron chi connectivity index (χ2n) is 12.5. The maximum absolute atomic E-state index is 12.9. The van der Waals surface area contributed by atoms with E-state index in [9.17, 15) is 19.7 Å². The Balaban J connectivity index is 1.68. The first-order valence-corrected chi connectivity index (χ1v) is 15.5. The standard InChI is InChI=1S/C34H40BrN3O10/c1-33(2,3)19-34(4,5)22-15-23(35)30(24(16-22)38(41)42)47-18-29(39)37-36-17-20-10-11-25(26(12-20)43-6)48-32(40)21-13-27(44-7)31(46-9)28(14-21)45-8/h10-17H,18-19H2,1-9H3,(H,37,39)/b36-17+. The molecule has 0 aliphatic rings. The predicted octanol–water partition coefficient (Wildman–Crippen LogP) is 6.85. The Morgan fingerprint density at radius 2 is 1.50 bits per heavy atom. The molecule has 3 rings (SSSR count). The monoisotopic (exact) mass is 729 g/mol. The molecule has 0 saturated carbocycles. The summed E-state index contributed by atoms with van der Waals surface area (Å²) in [4.78, 5) is 36.8. The molecule has 14 heteroatoms. The molecule has 13 nitrogen and oxygen atoms in total. The molecule has 0 spiro atoms. The number of nitrogens with one attached hydrogen (secondary N) is 1. The zero-order valence-corrected chi connectivity index (χ0v) is 30.0. The maximum atomic E-state index is 12.9. The van der Waals surface area contributed by atoms with Gasteiger partial charge in [0.1, 0.15) is 0 Å². The maximum Gasteiger partial charge on any atom is 0.343 e. The fourth-order valence-corrected chi connectivity index (χ4v) is 5.80. The smallest absolute Gasteiger partial charge is 0.343 e. The van der Waals surface area contributed by atoms with Crippen molar-refractivity contribution in [3.05, 3.63) is 73.7 Å². The van der Waals surface area contributed by atoms with E-state index in [0.29, 0.717) is 15.8 Å². The number of carbonyl (C=O) groups is 2. The summed E-state index contributed by atoms with van der Waals surface area (Å²) >= 11 is 3.39. The lowest BCUT2D eigenvalue weighted by Gasteiger charge is -2.33. The molecule has 0 saturated heterocycles. The highest BCUT2D eigenvalue weighted by atomic mass is 79.9. The molecule has 3 aromatic rings. The number of nitro groups is 1. The molecule has 1 N–H and O–H groups in total. The first-order chi connectivity index (χ1) is 22.5. The van der Waals surface area contributed by atoms with E-state index in [-0.39, 0.29) is 50.8 Å². The van der Waals surface area contributed by atoms with Crippen LogP contribution in [0.15, 0.2) is 52.0 Å². The number of carbonyl (C=O) groups excluding carboxylic acids is 2. The third-order valence-electron chi connectivity index (χ3n) is 7.02. The van der Waals surface area contributed by atoms with Crippen LogP contribution in [0.25, 0.3) is 0 Å². The molecule has 3 aromatic carbocycles. The number of hydrogen-bond donors (Lipinski definition) is 1. The number of nitro benzene ring substituents is 1. The highest BCUT2D eigenvalue weighted by Gasteiger charge is 2.31. The van der Waals surface area contributed by atoms with Crippen LogP contribution >= 0.6 is 15.9 Å². The van der Waals surface area contributed by atoms with Crippen molar-refractivity contribution >= 4 is 39.7 Å². The van der Waals surface area contributed by atoms with Crippen molar-refractivity contribution in [2.45, 2.75) is 46.5 Å². The minimum Gasteiger partial charge on any atom is -0.493 e. The summed E-state index contributed by atoms with van der Waals surface area (Å²) in [6.07, 6.45) is 2.13. The number of esters is 1. The number of halogens is 1. The molecule has 0 aliphatic heterocycles. The number of nitrogens with zero attached hydrogens (tertiary/aromatic N) is 2. The quantitative estimate of drug-likeness (QED) is 0.0612. The van der Waals surface area contributed by atoms with Crippen LogP contribution in [0, 0.1) is 15.5 Å². The average Bonchev–Trinajstić information content (AvgIpc) is 3.02. The van der Waals surface area contributed by atoms with Gasteiger partial charge in [-0.25, -0.2) is 10.2 Å². The lowest BCUT2D eigenvalue weighted by Crippen LogP contribution is -2.26. The molecule has 0 unspecified atom stereocenters. The topological polar surface area (TPSA) is 157 Å². The summed E-state index contributed by atoms with van der Waals surface area (Å²) in [6, 6.07) is 10.8. The number of amides is 1. The SMILES string of the molecule is COc1cc(/C=N/NC(=O)COc2c(Br)cc(C(C)(C)CC(C)(C)C)cc2[N+](=O)[O-])ccc1OC(=O)c1cc(OC)c(OC)c(OC)c1. The van der Waals surface area contributed by atoms with Crippen LogP contribution in [-0.4, -0.2) is 58.1 Å². The molecule has 0 heterocycles. The van der Waals surface area contributed by atoms with Gasteiger partial charge in [0.05, 0.1) is 49.6 Å². The van der Waals surface area contributed by atoms with Crippen LogP contribution in [0.2, 0.25) is 0 Å². The third-order valence-corrected chi connectivity index (χ3v) is 7.60. The van der Waals surface area contributed by atoms with Crippen molar-refractivity contribution in [3.63, 3.8) is 0 Å². The van der Waals surface area contributed by atoms with Gasteiger partial charge in [-0.05, 0) is 80.7 Å². The first kappa shape index (κ1) is 37.6. The van der Waals surface area contributed by atoms with Crippen LogP contribution < -0.4 is 33.8 Å². The zero-order chi connectivity index (χ0) is 35.8. The lowest BCUT2D eigenvalue weighted by molar-refractivity contribution is -0.386. The van der Waals surface area contributed by atoms with E-state index < -0.39 is 23.4 Å². The number of hydrogen-bond acceptors (Lipinski definition) is 11. The van der Waals surface area contributed by atoms with Gasteiger partial charge in [0.2, 0.25) is 11.5 Å². The molecular weight excluding hydrogens is 690 g/mol. The molecular formula is C34H40BrN3O10. The first-order valence-electron chi connectivity index (χ1n) is 14.7. The van der Waals surface area contributed by atoms with Crippen molar-refractivity contribution in [3.8, 4) is 34.5 Å². The number of benzene rings is 3. The summed E-state index contributed by atoms with van der Waals surface area (Å²) in [5, 5.41) is 15.9. The summed E-state index contributed by atoms with van der Waals surface area (Å²) in [7, 11) is 5.73. The lowest BCUT2D eigenvalue weighted by atomic mass is 9.72. The van der Waals surface area contributed by atoms with E-state index in [4.69, 9.17) is 28.4 Å². The number of ether oxygens (including phenoxy) is 6. The van der Waals surface area contributed by atoms with Crippen molar-refractivity contribution in [2.75, 3.05) is 35.0 Å². The van der Waals surface area contributed by atoms with Crippen LogP contribution in [0.5, 0.6) is 34.5 Å². The van der Waals surface area contributed by atoms with E-state index in [1.807, 2.05) is 13.8 Å². The molecule has 1 amide bonds. The number of rotatable bonds is 14. The minimum absolute atomic E-state index is 0.000565. The van der Waals surface area contributed by atoms with E-state index in [1.54, 1.807) is 18.2 Å². The van der Waals surface area contributed by atoms with Crippen molar-refractivity contribution in [2.24, 2.45) is 10.5 Å². The molecule has 258 valence electrons. The van der Waals surface area contributed by atoms with Crippen molar-refractivity contribution in [1.29, 1.82) is 0 Å². The van der Waals surface area contributed by atoms with Gasteiger partial charge >= 0.3 is 11.7 Å².